The maximum absolute atomic E-state index is 6.21. The Bertz CT molecular complexity index is 511. The Hall–Kier alpha value is -2.00. The van der Waals surface area contributed by atoms with E-state index in [1.165, 1.54) is 0 Å². The summed E-state index contributed by atoms with van der Waals surface area (Å²) in [6.07, 6.45) is 0. The molecule has 0 saturated carbocycles. The number of nitrogens with two attached hydrogens (primary N) is 2. The van der Waals surface area contributed by atoms with E-state index in [9.17, 15) is 0 Å². The van der Waals surface area contributed by atoms with Gasteiger partial charge in [0.05, 0.1) is 13.2 Å². The van der Waals surface area contributed by atoms with E-state index in [-0.39, 0.29) is 6.04 Å². The first-order chi connectivity index (χ1) is 8.22. The second kappa shape index (κ2) is 4.89. The van der Waals surface area contributed by atoms with Crippen LogP contribution in [-0.2, 0) is 0 Å². The van der Waals surface area contributed by atoms with Crippen LogP contribution in [0.25, 0.3) is 0 Å². The third-order valence-corrected chi connectivity index (χ3v) is 2.78. The summed E-state index contributed by atoms with van der Waals surface area (Å²) in [4.78, 5) is 0. The number of hydrogen-bond donors (Lipinski definition) is 2. The predicted molar refractivity (Wildman–Crippen MR) is 69.9 cm³/mol. The molecule has 2 rings (SSSR count). The number of para-hydroxylation sites is 1. The summed E-state index contributed by atoms with van der Waals surface area (Å²) in [7, 11) is 1.64. The van der Waals surface area contributed by atoms with Gasteiger partial charge >= 0.3 is 0 Å². The Labute approximate surface area is 101 Å². The van der Waals surface area contributed by atoms with Crippen LogP contribution >= 0.6 is 0 Å². The van der Waals surface area contributed by atoms with Crippen molar-refractivity contribution in [2.24, 2.45) is 5.73 Å². The summed E-state index contributed by atoms with van der Waals surface area (Å²) in [6.45, 7) is 0. The predicted octanol–water partition coefficient (Wildman–Crippen LogP) is 2.33. The summed E-state index contributed by atoms with van der Waals surface area (Å²) in [6, 6.07) is 15.1. The average Bonchev–Trinajstić information content (AvgIpc) is 2.38. The SMILES string of the molecule is COc1cccc(C(N)c2ccccc2N)c1. The number of rotatable bonds is 3. The number of hydrogen-bond acceptors (Lipinski definition) is 3. The highest BCUT2D eigenvalue weighted by atomic mass is 16.5. The first-order valence-corrected chi connectivity index (χ1v) is 5.46. The molecule has 88 valence electrons. The molecule has 0 heterocycles. The van der Waals surface area contributed by atoms with E-state index in [4.69, 9.17) is 16.2 Å². The van der Waals surface area contributed by atoms with Crippen LogP contribution in [0.5, 0.6) is 5.75 Å². The monoisotopic (exact) mass is 228 g/mol. The molecule has 4 N–H and O–H groups in total. The molecule has 0 aliphatic rings. The van der Waals surface area contributed by atoms with Crippen molar-refractivity contribution in [3.8, 4) is 5.75 Å². The van der Waals surface area contributed by atoms with Gasteiger partial charge in [0, 0.05) is 5.69 Å². The smallest absolute Gasteiger partial charge is 0.119 e. The van der Waals surface area contributed by atoms with Crippen molar-refractivity contribution in [2.75, 3.05) is 12.8 Å². The van der Waals surface area contributed by atoms with Crippen molar-refractivity contribution in [1.29, 1.82) is 0 Å². The van der Waals surface area contributed by atoms with Crippen LogP contribution in [0.2, 0.25) is 0 Å². The quantitative estimate of drug-likeness (QED) is 0.792. The van der Waals surface area contributed by atoms with E-state index < -0.39 is 0 Å². The molecule has 3 heteroatoms. The summed E-state index contributed by atoms with van der Waals surface area (Å²) in [5, 5.41) is 0. The third-order valence-electron chi connectivity index (χ3n) is 2.78. The molecule has 2 aromatic carbocycles. The van der Waals surface area contributed by atoms with E-state index >= 15 is 0 Å². The summed E-state index contributed by atoms with van der Waals surface area (Å²) >= 11 is 0. The van der Waals surface area contributed by atoms with Crippen LogP contribution in [0, 0.1) is 0 Å². The molecular formula is C14H16N2O. The van der Waals surface area contributed by atoms with Gasteiger partial charge in [0.15, 0.2) is 0 Å². The van der Waals surface area contributed by atoms with E-state index in [2.05, 4.69) is 0 Å². The molecule has 0 spiro atoms. The molecule has 0 aromatic heterocycles. The maximum atomic E-state index is 6.21. The van der Waals surface area contributed by atoms with Crippen molar-refractivity contribution in [3.05, 3.63) is 59.7 Å². The maximum Gasteiger partial charge on any atom is 0.119 e. The minimum Gasteiger partial charge on any atom is -0.497 e. The number of benzene rings is 2. The van der Waals surface area contributed by atoms with E-state index in [1.54, 1.807) is 7.11 Å². The number of methoxy groups -OCH3 is 1. The lowest BCUT2D eigenvalue weighted by molar-refractivity contribution is 0.414. The highest BCUT2D eigenvalue weighted by Crippen LogP contribution is 2.26. The van der Waals surface area contributed by atoms with Crippen molar-refractivity contribution in [3.63, 3.8) is 0 Å². The minimum atomic E-state index is -0.230. The number of anilines is 1. The molecule has 1 unspecified atom stereocenters. The summed E-state index contributed by atoms with van der Waals surface area (Å²) < 4.78 is 5.18. The fourth-order valence-electron chi connectivity index (χ4n) is 1.81. The van der Waals surface area contributed by atoms with E-state index in [1.807, 2.05) is 48.5 Å². The van der Waals surface area contributed by atoms with Crippen LogP contribution in [0.3, 0.4) is 0 Å². The molecular weight excluding hydrogens is 212 g/mol. The average molecular weight is 228 g/mol. The van der Waals surface area contributed by atoms with Gasteiger partial charge in [0.1, 0.15) is 5.75 Å². The van der Waals surface area contributed by atoms with Crippen molar-refractivity contribution >= 4 is 5.69 Å². The van der Waals surface area contributed by atoms with E-state index in [0.717, 1.165) is 16.9 Å². The Balaban J connectivity index is 2.37. The van der Waals surface area contributed by atoms with Crippen molar-refractivity contribution < 1.29 is 4.74 Å². The minimum absolute atomic E-state index is 0.230. The van der Waals surface area contributed by atoms with Crippen LogP contribution < -0.4 is 16.2 Å². The Kier molecular flexibility index (Phi) is 3.30. The fourth-order valence-corrected chi connectivity index (χ4v) is 1.81. The lowest BCUT2D eigenvalue weighted by atomic mass is 9.98. The highest BCUT2D eigenvalue weighted by molar-refractivity contribution is 5.51. The largest absolute Gasteiger partial charge is 0.497 e. The molecule has 2 aromatic rings. The molecule has 0 bridgehead atoms. The Morgan fingerprint density at radius 3 is 2.53 bits per heavy atom. The molecule has 1 atom stereocenters. The van der Waals surface area contributed by atoms with Gasteiger partial charge in [0.2, 0.25) is 0 Å². The molecule has 0 radical (unpaired) electrons. The number of nitrogen functional groups attached to an aromatic ring is 1. The van der Waals surface area contributed by atoms with Crippen LogP contribution in [0.4, 0.5) is 5.69 Å². The standard InChI is InChI=1S/C14H16N2O/c1-17-11-6-4-5-10(9-11)14(16)12-7-2-3-8-13(12)15/h2-9,14H,15-16H2,1H3. The Morgan fingerprint density at radius 1 is 1.06 bits per heavy atom. The zero-order valence-electron chi connectivity index (χ0n) is 9.76. The van der Waals surface area contributed by atoms with Gasteiger partial charge in [-0.05, 0) is 29.3 Å². The molecule has 0 amide bonds. The second-order valence-electron chi connectivity index (χ2n) is 3.88. The second-order valence-corrected chi connectivity index (χ2v) is 3.88. The lowest BCUT2D eigenvalue weighted by Gasteiger charge is -2.15. The summed E-state index contributed by atoms with van der Waals surface area (Å²) in [5.41, 5.74) is 14.8. The molecule has 0 aliphatic heterocycles. The van der Waals surface area contributed by atoms with Crippen molar-refractivity contribution in [2.45, 2.75) is 6.04 Å². The van der Waals surface area contributed by atoms with Gasteiger partial charge in [-0.25, -0.2) is 0 Å². The molecule has 3 nitrogen and oxygen atoms in total. The zero-order valence-corrected chi connectivity index (χ0v) is 9.76. The first-order valence-electron chi connectivity index (χ1n) is 5.46. The molecule has 17 heavy (non-hydrogen) atoms. The van der Waals surface area contributed by atoms with Gasteiger partial charge in [-0.3, -0.25) is 0 Å². The first kappa shape index (κ1) is 11.5. The Morgan fingerprint density at radius 2 is 1.82 bits per heavy atom. The van der Waals surface area contributed by atoms with Crippen molar-refractivity contribution in [1.82, 2.24) is 0 Å². The summed E-state index contributed by atoms with van der Waals surface area (Å²) in [5.74, 6) is 0.799. The highest BCUT2D eigenvalue weighted by Gasteiger charge is 2.11. The molecule has 0 aliphatic carbocycles. The topological polar surface area (TPSA) is 61.3 Å². The van der Waals surface area contributed by atoms with Crippen LogP contribution in [-0.4, -0.2) is 7.11 Å². The zero-order chi connectivity index (χ0) is 12.3. The van der Waals surface area contributed by atoms with Gasteiger partial charge in [-0.1, -0.05) is 30.3 Å². The van der Waals surface area contributed by atoms with Crippen LogP contribution in [0.15, 0.2) is 48.5 Å². The lowest BCUT2D eigenvalue weighted by Crippen LogP contribution is -2.13. The van der Waals surface area contributed by atoms with E-state index in [0.29, 0.717) is 5.69 Å². The van der Waals surface area contributed by atoms with Gasteiger partial charge in [-0.2, -0.15) is 0 Å². The molecule has 0 saturated heterocycles. The van der Waals surface area contributed by atoms with Gasteiger partial charge in [0.25, 0.3) is 0 Å². The molecule has 0 fully saturated rings. The van der Waals surface area contributed by atoms with Crippen LogP contribution in [0.1, 0.15) is 17.2 Å². The van der Waals surface area contributed by atoms with Gasteiger partial charge < -0.3 is 16.2 Å². The van der Waals surface area contributed by atoms with Gasteiger partial charge in [-0.15, -0.1) is 0 Å². The fraction of sp³-hybridized carbons (Fsp3) is 0.143. The number of ether oxygens (including phenoxy) is 1. The normalized spacial score (nSPS) is 12.1. The third kappa shape index (κ3) is 2.40.